The Morgan fingerprint density at radius 3 is 2.54 bits per heavy atom. The van der Waals surface area contributed by atoms with Crippen LogP contribution in [0.1, 0.15) is 62.4 Å². The number of piperidine rings is 1. The number of rotatable bonds is 3. The van der Waals surface area contributed by atoms with Gasteiger partial charge in [-0.15, -0.1) is 10.2 Å². The van der Waals surface area contributed by atoms with E-state index in [-0.39, 0.29) is 5.41 Å². The van der Waals surface area contributed by atoms with Crippen molar-refractivity contribution in [3.63, 3.8) is 0 Å². The Hall–Kier alpha value is -2.35. The SMILES string of the molecule is Cc1nonc1CN1CCC(c2nnc3ccc(C(C)(C)C)nn23)CC1. The number of aromatic nitrogens is 6. The second-order valence-corrected chi connectivity index (χ2v) is 8.14. The predicted octanol–water partition coefficient (Wildman–Crippen LogP) is 2.49. The number of nitrogens with zero attached hydrogens (tertiary/aromatic N) is 7. The molecular formula is C18H25N7O. The van der Waals surface area contributed by atoms with Crippen LogP contribution in [0.15, 0.2) is 16.8 Å². The molecule has 8 heteroatoms. The smallest absolute Gasteiger partial charge is 0.177 e. The van der Waals surface area contributed by atoms with Gasteiger partial charge >= 0.3 is 0 Å². The molecule has 138 valence electrons. The van der Waals surface area contributed by atoms with Crippen LogP contribution in [0.5, 0.6) is 0 Å². The van der Waals surface area contributed by atoms with Gasteiger partial charge < -0.3 is 0 Å². The van der Waals surface area contributed by atoms with Crippen LogP contribution >= 0.6 is 0 Å². The first-order valence-electron chi connectivity index (χ1n) is 9.15. The van der Waals surface area contributed by atoms with Crippen molar-refractivity contribution in [2.24, 2.45) is 0 Å². The van der Waals surface area contributed by atoms with Gasteiger partial charge in [0.1, 0.15) is 11.4 Å². The molecule has 0 aromatic carbocycles. The Balaban J connectivity index is 1.50. The maximum atomic E-state index is 4.82. The summed E-state index contributed by atoms with van der Waals surface area (Å²) in [5.74, 6) is 1.35. The number of hydrogen-bond acceptors (Lipinski definition) is 7. The maximum Gasteiger partial charge on any atom is 0.177 e. The zero-order valence-corrected chi connectivity index (χ0v) is 15.8. The van der Waals surface area contributed by atoms with E-state index < -0.39 is 0 Å². The molecule has 8 nitrogen and oxygen atoms in total. The summed E-state index contributed by atoms with van der Waals surface area (Å²) in [6.45, 7) is 11.2. The van der Waals surface area contributed by atoms with Crippen LogP contribution in [0.3, 0.4) is 0 Å². The summed E-state index contributed by atoms with van der Waals surface area (Å²) in [5.41, 5.74) is 3.67. The highest BCUT2D eigenvalue weighted by Gasteiger charge is 2.26. The van der Waals surface area contributed by atoms with Gasteiger partial charge in [0.05, 0.1) is 5.69 Å². The number of fused-ring (bicyclic) bond motifs is 1. The molecule has 0 spiro atoms. The molecule has 0 N–H and O–H groups in total. The lowest BCUT2D eigenvalue weighted by Crippen LogP contribution is -2.33. The minimum atomic E-state index is 0.00256. The molecule has 3 aromatic rings. The normalized spacial score (nSPS) is 17.2. The first-order valence-corrected chi connectivity index (χ1v) is 9.15. The minimum absolute atomic E-state index is 0.00256. The second kappa shape index (κ2) is 6.42. The second-order valence-electron chi connectivity index (χ2n) is 8.14. The zero-order valence-electron chi connectivity index (χ0n) is 15.8. The van der Waals surface area contributed by atoms with E-state index in [1.165, 1.54) is 0 Å². The molecule has 0 amide bonds. The summed E-state index contributed by atoms with van der Waals surface area (Å²) < 4.78 is 6.73. The van der Waals surface area contributed by atoms with E-state index >= 15 is 0 Å². The largest absolute Gasteiger partial charge is 0.297 e. The summed E-state index contributed by atoms with van der Waals surface area (Å²) in [4.78, 5) is 2.39. The van der Waals surface area contributed by atoms with Crippen molar-refractivity contribution in [1.82, 2.24) is 35.0 Å². The van der Waals surface area contributed by atoms with Gasteiger partial charge in [-0.3, -0.25) is 4.90 Å². The maximum absolute atomic E-state index is 4.82. The summed E-state index contributed by atoms with van der Waals surface area (Å²) >= 11 is 0. The molecule has 1 fully saturated rings. The van der Waals surface area contributed by atoms with Crippen LogP contribution in [0.2, 0.25) is 0 Å². The topological polar surface area (TPSA) is 85.2 Å². The fraction of sp³-hybridized carbons (Fsp3) is 0.611. The van der Waals surface area contributed by atoms with Crippen molar-refractivity contribution in [3.8, 4) is 0 Å². The van der Waals surface area contributed by atoms with Crippen LogP contribution in [0, 0.1) is 6.92 Å². The molecule has 26 heavy (non-hydrogen) atoms. The molecule has 0 unspecified atom stereocenters. The van der Waals surface area contributed by atoms with Crippen molar-refractivity contribution >= 4 is 5.65 Å². The van der Waals surface area contributed by atoms with Crippen molar-refractivity contribution in [3.05, 3.63) is 35.0 Å². The van der Waals surface area contributed by atoms with Gasteiger partial charge in [0.25, 0.3) is 0 Å². The molecule has 1 aliphatic rings. The molecule has 4 rings (SSSR count). The van der Waals surface area contributed by atoms with Crippen LogP contribution in [-0.2, 0) is 12.0 Å². The molecule has 0 aliphatic carbocycles. The third kappa shape index (κ3) is 3.21. The Labute approximate surface area is 152 Å². The average Bonchev–Trinajstić information content (AvgIpc) is 3.21. The lowest BCUT2D eigenvalue weighted by atomic mass is 9.92. The number of hydrogen-bond donors (Lipinski definition) is 0. The Morgan fingerprint density at radius 1 is 1.12 bits per heavy atom. The molecule has 0 atom stereocenters. The quantitative estimate of drug-likeness (QED) is 0.713. The molecule has 1 aliphatic heterocycles. The lowest BCUT2D eigenvalue weighted by Gasteiger charge is -2.30. The molecule has 4 heterocycles. The van der Waals surface area contributed by atoms with Crippen LogP contribution in [0.25, 0.3) is 5.65 Å². The summed E-state index contributed by atoms with van der Waals surface area (Å²) in [6.07, 6.45) is 2.07. The highest BCUT2D eigenvalue weighted by atomic mass is 16.6. The van der Waals surface area contributed by atoms with Gasteiger partial charge in [0, 0.05) is 17.9 Å². The van der Waals surface area contributed by atoms with Gasteiger partial charge in [-0.2, -0.15) is 9.61 Å². The highest BCUT2D eigenvalue weighted by molar-refractivity contribution is 5.37. The highest BCUT2D eigenvalue weighted by Crippen LogP contribution is 2.28. The van der Waals surface area contributed by atoms with Gasteiger partial charge in [0.2, 0.25) is 0 Å². The predicted molar refractivity (Wildman–Crippen MR) is 95.8 cm³/mol. The fourth-order valence-electron chi connectivity index (χ4n) is 3.41. The zero-order chi connectivity index (χ0) is 18.3. The van der Waals surface area contributed by atoms with Crippen LogP contribution in [-0.4, -0.2) is 48.1 Å². The van der Waals surface area contributed by atoms with Gasteiger partial charge in [-0.1, -0.05) is 31.1 Å². The van der Waals surface area contributed by atoms with Crippen LogP contribution < -0.4 is 0 Å². The third-order valence-electron chi connectivity index (χ3n) is 5.13. The monoisotopic (exact) mass is 355 g/mol. The summed E-state index contributed by atoms with van der Waals surface area (Å²) in [7, 11) is 0. The van der Waals surface area contributed by atoms with Crippen LogP contribution in [0.4, 0.5) is 0 Å². The van der Waals surface area contributed by atoms with Gasteiger partial charge in [-0.05, 0) is 45.0 Å². The van der Waals surface area contributed by atoms with E-state index in [9.17, 15) is 0 Å². The summed E-state index contributed by atoms with van der Waals surface area (Å²) in [5, 5.41) is 21.4. The van der Waals surface area contributed by atoms with E-state index in [1.807, 2.05) is 23.6 Å². The average molecular weight is 355 g/mol. The number of likely N-dealkylation sites (tertiary alicyclic amines) is 1. The van der Waals surface area contributed by atoms with E-state index in [1.54, 1.807) is 0 Å². The van der Waals surface area contributed by atoms with Crippen molar-refractivity contribution in [1.29, 1.82) is 0 Å². The van der Waals surface area contributed by atoms with Crippen molar-refractivity contribution in [2.75, 3.05) is 13.1 Å². The molecule has 3 aromatic heterocycles. The summed E-state index contributed by atoms with van der Waals surface area (Å²) in [6, 6.07) is 4.06. The lowest BCUT2D eigenvalue weighted by molar-refractivity contribution is 0.194. The molecule has 0 radical (unpaired) electrons. The van der Waals surface area contributed by atoms with Gasteiger partial charge in [-0.25, -0.2) is 4.63 Å². The van der Waals surface area contributed by atoms with E-state index in [0.29, 0.717) is 5.92 Å². The van der Waals surface area contributed by atoms with E-state index in [4.69, 9.17) is 9.73 Å². The number of aryl methyl sites for hydroxylation is 1. The molecule has 1 saturated heterocycles. The fourth-order valence-corrected chi connectivity index (χ4v) is 3.41. The first-order chi connectivity index (χ1) is 12.4. The molecule has 0 saturated carbocycles. The third-order valence-corrected chi connectivity index (χ3v) is 5.13. The van der Waals surface area contributed by atoms with Crippen molar-refractivity contribution in [2.45, 2.75) is 58.4 Å². The van der Waals surface area contributed by atoms with E-state index in [2.05, 4.69) is 46.2 Å². The Morgan fingerprint density at radius 2 is 1.88 bits per heavy atom. The van der Waals surface area contributed by atoms with Crippen molar-refractivity contribution < 1.29 is 4.63 Å². The Kier molecular flexibility index (Phi) is 4.22. The molecule has 0 bridgehead atoms. The Bertz CT molecular complexity index is 900. The standard InChI is InChI=1S/C18H25N7O/c1-12-14(23-26-22-12)11-24-9-7-13(8-10-24)17-20-19-16-6-5-15(18(2,3)4)21-25(16)17/h5-6,13H,7-11H2,1-4H3. The minimum Gasteiger partial charge on any atom is -0.297 e. The van der Waals surface area contributed by atoms with Gasteiger partial charge in [0.15, 0.2) is 11.5 Å². The first kappa shape index (κ1) is 17.1. The van der Waals surface area contributed by atoms with E-state index in [0.717, 1.165) is 61.0 Å². The molecular weight excluding hydrogens is 330 g/mol.